The smallest absolute Gasteiger partial charge is 0.276 e. The van der Waals surface area contributed by atoms with E-state index in [9.17, 15) is 27.6 Å². The molecule has 4 amide bonds. The second-order valence-corrected chi connectivity index (χ2v) is 9.51. The highest BCUT2D eigenvalue weighted by Crippen LogP contribution is 2.13. The van der Waals surface area contributed by atoms with Crippen molar-refractivity contribution in [2.45, 2.75) is 11.3 Å². The number of hydrogen-bond donors (Lipinski definition) is 4. The van der Waals surface area contributed by atoms with Crippen molar-refractivity contribution in [2.24, 2.45) is 5.73 Å². The summed E-state index contributed by atoms with van der Waals surface area (Å²) in [5.74, 6) is -2.15. The Morgan fingerprint density at radius 3 is 2.11 bits per heavy atom. The third kappa shape index (κ3) is 7.44. The summed E-state index contributed by atoms with van der Waals surface area (Å²) in [6, 6.07) is 14.8. The molecule has 38 heavy (non-hydrogen) atoms. The predicted octanol–water partition coefficient (Wildman–Crippen LogP) is 0.397. The molecule has 0 fully saturated rings. The van der Waals surface area contributed by atoms with Crippen LogP contribution in [0.15, 0.2) is 71.8 Å². The number of imide groups is 1. The second-order valence-electron chi connectivity index (χ2n) is 7.83. The van der Waals surface area contributed by atoms with Gasteiger partial charge in [0.05, 0.1) is 24.1 Å². The number of methoxy groups -OCH3 is 1. The quantitative estimate of drug-likeness (QED) is 0.283. The second kappa shape index (κ2) is 12.6. The zero-order valence-electron chi connectivity index (χ0n) is 20.3. The van der Waals surface area contributed by atoms with Gasteiger partial charge < -0.3 is 15.8 Å². The van der Waals surface area contributed by atoms with E-state index in [1.54, 1.807) is 7.11 Å². The molecular formula is C25H25N5O7S. The summed E-state index contributed by atoms with van der Waals surface area (Å²) in [5.41, 5.74) is 6.08. The van der Waals surface area contributed by atoms with E-state index >= 15 is 0 Å². The molecule has 0 bridgehead atoms. The van der Waals surface area contributed by atoms with E-state index in [-0.39, 0.29) is 34.2 Å². The Labute approximate surface area is 218 Å². The predicted molar refractivity (Wildman–Crippen MR) is 136 cm³/mol. The van der Waals surface area contributed by atoms with E-state index in [0.29, 0.717) is 13.0 Å². The fraction of sp³-hybridized carbons (Fsp3) is 0.160. The molecule has 1 heterocycles. The normalized spacial score (nSPS) is 10.8. The van der Waals surface area contributed by atoms with Crippen molar-refractivity contribution in [2.75, 3.05) is 20.2 Å². The number of nitrogens with one attached hydrogen (secondary N) is 3. The number of carbonyl (C=O) groups excluding carboxylic acids is 4. The Morgan fingerprint density at radius 1 is 0.868 bits per heavy atom. The lowest BCUT2D eigenvalue weighted by molar-refractivity contribution is -0.118. The minimum absolute atomic E-state index is 0.136. The molecule has 0 saturated carbocycles. The summed E-state index contributed by atoms with van der Waals surface area (Å²) in [7, 11) is -2.68. The first kappa shape index (κ1) is 28.0. The number of rotatable bonds is 10. The average Bonchev–Trinajstić information content (AvgIpc) is 2.93. The number of nitrogens with two attached hydrogens (primary N) is 1. The summed E-state index contributed by atoms with van der Waals surface area (Å²) in [6.45, 7) is -0.0145. The lowest BCUT2D eigenvalue weighted by atomic mass is 10.1. The maximum absolute atomic E-state index is 12.6. The lowest BCUT2D eigenvalue weighted by Gasteiger charge is -2.09. The van der Waals surface area contributed by atoms with Gasteiger partial charge >= 0.3 is 0 Å². The molecule has 5 N–H and O–H groups in total. The first-order chi connectivity index (χ1) is 18.1. The highest BCUT2D eigenvalue weighted by molar-refractivity contribution is 7.90. The standard InChI is InChI=1S/C25H25N5O7S/c1-37-19-7-2-16(3-8-19)12-13-27-23(32)17-4-9-20(10-5-17)38(35,36)30-24(33)18-6-11-21(28-15-18)25(34)29-22(31)14-26/h2-11,15H,12-14,26H2,1H3,(H,27,32)(H,30,33)(H,29,31,34). The lowest BCUT2D eigenvalue weighted by Crippen LogP contribution is -2.36. The first-order valence-electron chi connectivity index (χ1n) is 11.2. The Bertz CT molecular complexity index is 1420. The van der Waals surface area contributed by atoms with Gasteiger partial charge in [-0.1, -0.05) is 12.1 Å². The van der Waals surface area contributed by atoms with Gasteiger partial charge in [-0.15, -0.1) is 0 Å². The molecular weight excluding hydrogens is 514 g/mol. The number of ether oxygens (including phenoxy) is 1. The van der Waals surface area contributed by atoms with Crippen LogP contribution in [0.3, 0.4) is 0 Å². The zero-order chi connectivity index (χ0) is 27.7. The topological polar surface area (TPSA) is 187 Å². The van der Waals surface area contributed by atoms with E-state index in [1.807, 2.05) is 34.3 Å². The number of aromatic nitrogens is 1. The third-order valence-electron chi connectivity index (χ3n) is 5.21. The van der Waals surface area contributed by atoms with Crippen LogP contribution in [0.1, 0.15) is 36.8 Å². The van der Waals surface area contributed by atoms with Crippen molar-refractivity contribution in [3.8, 4) is 5.75 Å². The van der Waals surface area contributed by atoms with E-state index in [2.05, 4.69) is 10.3 Å². The molecule has 0 spiro atoms. The van der Waals surface area contributed by atoms with Crippen molar-refractivity contribution in [3.63, 3.8) is 0 Å². The highest BCUT2D eigenvalue weighted by atomic mass is 32.2. The van der Waals surface area contributed by atoms with Gasteiger partial charge in [-0.05, 0) is 60.5 Å². The van der Waals surface area contributed by atoms with Gasteiger partial charge in [0.25, 0.3) is 27.7 Å². The third-order valence-corrected chi connectivity index (χ3v) is 6.56. The van der Waals surface area contributed by atoms with E-state index in [4.69, 9.17) is 10.5 Å². The van der Waals surface area contributed by atoms with Gasteiger partial charge in [-0.3, -0.25) is 29.5 Å². The molecule has 0 radical (unpaired) electrons. The molecule has 0 aliphatic carbocycles. The molecule has 13 heteroatoms. The summed E-state index contributed by atoms with van der Waals surface area (Å²) in [6.07, 6.45) is 1.59. The van der Waals surface area contributed by atoms with Crippen molar-refractivity contribution in [3.05, 3.63) is 89.2 Å². The van der Waals surface area contributed by atoms with Gasteiger partial charge in [0, 0.05) is 18.3 Å². The van der Waals surface area contributed by atoms with Crippen LogP contribution < -0.4 is 25.8 Å². The van der Waals surface area contributed by atoms with E-state index < -0.39 is 27.7 Å². The van der Waals surface area contributed by atoms with Crippen molar-refractivity contribution < 1.29 is 32.3 Å². The van der Waals surface area contributed by atoms with Gasteiger partial charge in [0.2, 0.25) is 5.91 Å². The number of hydrogen-bond acceptors (Lipinski definition) is 9. The molecule has 0 unspecified atom stereocenters. The van der Waals surface area contributed by atoms with Crippen LogP contribution in [0.25, 0.3) is 0 Å². The first-order valence-corrected chi connectivity index (χ1v) is 12.7. The van der Waals surface area contributed by atoms with Gasteiger partial charge in [-0.2, -0.15) is 0 Å². The number of nitrogens with zero attached hydrogens (tertiary/aromatic N) is 1. The number of pyridine rings is 1. The fourth-order valence-corrected chi connectivity index (χ4v) is 4.12. The van der Waals surface area contributed by atoms with Crippen LogP contribution in [0, 0.1) is 0 Å². The van der Waals surface area contributed by atoms with Gasteiger partial charge in [0.1, 0.15) is 11.4 Å². The van der Waals surface area contributed by atoms with Crippen LogP contribution >= 0.6 is 0 Å². The van der Waals surface area contributed by atoms with Gasteiger partial charge in [0.15, 0.2) is 0 Å². The molecule has 3 aromatic rings. The molecule has 0 atom stereocenters. The minimum Gasteiger partial charge on any atom is -0.497 e. The molecule has 12 nitrogen and oxygen atoms in total. The molecule has 0 aliphatic heterocycles. The minimum atomic E-state index is -4.26. The van der Waals surface area contributed by atoms with Crippen LogP contribution in [0.2, 0.25) is 0 Å². The Balaban J connectivity index is 1.56. The fourth-order valence-electron chi connectivity index (χ4n) is 3.14. The number of benzene rings is 2. The van der Waals surface area contributed by atoms with Crippen LogP contribution in [0.4, 0.5) is 0 Å². The Morgan fingerprint density at radius 2 is 1.53 bits per heavy atom. The number of carbonyl (C=O) groups is 4. The van der Waals surface area contributed by atoms with Crippen LogP contribution in [0.5, 0.6) is 5.75 Å². The molecule has 0 saturated heterocycles. The van der Waals surface area contributed by atoms with Gasteiger partial charge in [-0.25, -0.2) is 13.1 Å². The summed E-state index contributed by atoms with van der Waals surface area (Å²) < 4.78 is 32.3. The SMILES string of the molecule is COc1ccc(CCNC(=O)c2ccc(S(=O)(=O)NC(=O)c3ccc(C(=O)NC(=O)CN)nc3)cc2)cc1. The monoisotopic (exact) mass is 539 g/mol. The maximum Gasteiger partial charge on any atom is 0.276 e. The summed E-state index contributed by atoms with van der Waals surface area (Å²) in [5, 5.41) is 4.76. The Hall–Kier alpha value is -4.62. The van der Waals surface area contributed by atoms with Crippen molar-refractivity contribution in [1.82, 2.24) is 20.3 Å². The van der Waals surface area contributed by atoms with Crippen LogP contribution in [-0.2, 0) is 21.2 Å². The maximum atomic E-state index is 12.6. The Kier molecular flexibility index (Phi) is 9.24. The van der Waals surface area contributed by atoms with E-state index in [1.165, 1.54) is 30.3 Å². The zero-order valence-corrected chi connectivity index (χ0v) is 21.1. The largest absolute Gasteiger partial charge is 0.497 e. The summed E-state index contributed by atoms with van der Waals surface area (Å²) >= 11 is 0. The molecule has 0 aliphatic rings. The summed E-state index contributed by atoms with van der Waals surface area (Å²) in [4.78, 5) is 51.4. The highest BCUT2D eigenvalue weighted by Gasteiger charge is 2.20. The molecule has 198 valence electrons. The van der Waals surface area contributed by atoms with E-state index in [0.717, 1.165) is 23.6 Å². The molecule has 3 rings (SSSR count). The van der Waals surface area contributed by atoms with Crippen molar-refractivity contribution in [1.29, 1.82) is 0 Å². The average molecular weight is 540 g/mol. The molecule has 1 aromatic heterocycles. The number of amides is 4. The number of sulfonamides is 1. The van der Waals surface area contributed by atoms with Crippen LogP contribution in [-0.4, -0.2) is 57.2 Å². The molecule has 2 aromatic carbocycles. The van der Waals surface area contributed by atoms with Crippen molar-refractivity contribution >= 4 is 33.7 Å².